The molecule has 4 rings (SSSR count). The molecule has 2 aliphatic rings. The number of methoxy groups -OCH3 is 2. The number of urea groups is 1. The van der Waals surface area contributed by atoms with Crippen molar-refractivity contribution >= 4 is 23.3 Å². The predicted octanol–water partition coefficient (Wildman–Crippen LogP) is 2.70. The van der Waals surface area contributed by atoms with E-state index in [2.05, 4.69) is 21.6 Å². The topological polar surface area (TPSA) is 79.9 Å². The first-order valence-electron chi connectivity index (χ1n) is 9.71. The lowest BCUT2D eigenvalue weighted by atomic mass is 9.91. The van der Waals surface area contributed by atoms with E-state index in [9.17, 15) is 9.59 Å². The number of nitrogens with one attached hydrogen (secondary N) is 2. The molecule has 154 valence electrons. The van der Waals surface area contributed by atoms with Gasteiger partial charge in [-0.25, -0.2) is 4.79 Å². The Morgan fingerprint density at radius 3 is 2.62 bits per heavy atom. The molecule has 0 saturated heterocycles. The minimum absolute atomic E-state index is 0.0733. The molecule has 1 aliphatic heterocycles. The number of imide groups is 1. The van der Waals surface area contributed by atoms with E-state index in [1.54, 1.807) is 25.6 Å². The fourth-order valence-electron chi connectivity index (χ4n) is 3.75. The number of ether oxygens (including phenoxy) is 2. The number of thiophene rings is 1. The molecule has 2 N–H and O–H groups in total. The maximum Gasteiger partial charge on any atom is 0.321 e. The van der Waals surface area contributed by atoms with Gasteiger partial charge in [0.15, 0.2) is 11.5 Å². The van der Waals surface area contributed by atoms with Gasteiger partial charge in [0.1, 0.15) is 0 Å². The van der Waals surface area contributed by atoms with Crippen molar-refractivity contribution in [1.82, 2.24) is 15.5 Å². The Morgan fingerprint density at radius 2 is 1.97 bits per heavy atom. The largest absolute Gasteiger partial charge is 0.493 e. The number of hydrogen-bond donors (Lipinski definition) is 2. The van der Waals surface area contributed by atoms with Crippen LogP contribution < -0.4 is 20.1 Å². The summed E-state index contributed by atoms with van der Waals surface area (Å²) in [6.45, 7) is 0.858. The van der Waals surface area contributed by atoms with E-state index in [4.69, 9.17) is 9.47 Å². The Kier molecular flexibility index (Phi) is 5.73. The van der Waals surface area contributed by atoms with Gasteiger partial charge < -0.3 is 14.8 Å². The SMILES string of the molecule is COc1cc2c(cc1OC)[C@H](c1cccs1)N(CC(=O)NC(=O)NC1CC1)CC2. The highest BCUT2D eigenvalue weighted by atomic mass is 32.1. The second kappa shape index (κ2) is 8.42. The molecule has 8 heteroatoms. The summed E-state index contributed by atoms with van der Waals surface area (Å²) in [4.78, 5) is 27.7. The van der Waals surface area contributed by atoms with Crippen molar-refractivity contribution in [2.24, 2.45) is 0 Å². The second-order valence-electron chi connectivity index (χ2n) is 7.34. The normalized spacial score (nSPS) is 18.6. The van der Waals surface area contributed by atoms with Crippen molar-refractivity contribution in [1.29, 1.82) is 0 Å². The van der Waals surface area contributed by atoms with Crippen LogP contribution >= 0.6 is 11.3 Å². The van der Waals surface area contributed by atoms with E-state index in [1.807, 2.05) is 23.6 Å². The van der Waals surface area contributed by atoms with Crippen LogP contribution in [-0.4, -0.2) is 50.2 Å². The van der Waals surface area contributed by atoms with Gasteiger partial charge in [0.05, 0.1) is 26.8 Å². The molecule has 0 unspecified atom stereocenters. The standard InChI is InChI=1S/C21H25N3O4S/c1-27-16-10-13-7-8-24(12-19(25)23-21(26)22-14-5-6-14)20(18-4-3-9-29-18)15(13)11-17(16)28-2/h3-4,9-11,14,20H,5-8,12H2,1-2H3,(H2,22,23,25,26)/t20-/m1/s1. The molecule has 29 heavy (non-hydrogen) atoms. The average molecular weight is 416 g/mol. The second-order valence-corrected chi connectivity index (χ2v) is 8.32. The Morgan fingerprint density at radius 1 is 1.21 bits per heavy atom. The van der Waals surface area contributed by atoms with Crippen molar-refractivity contribution in [3.05, 3.63) is 45.6 Å². The van der Waals surface area contributed by atoms with Gasteiger partial charge in [0, 0.05) is 17.5 Å². The van der Waals surface area contributed by atoms with Gasteiger partial charge in [-0.1, -0.05) is 6.07 Å². The van der Waals surface area contributed by atoms with E-state index in [0.29, 0.717) is 18.0 Å². The molecule has 0 bridgehead atoms. The van der Waals surface area contributed by atoms with Gasteiger partial charge in [0.25, 0.3) is 0 Å². The van der Waals surface area contributed by atoms with Gasteiger partial charge in [-0.3, -0.25) is 15.0 Å². The lowest BCUT2D eigenvalue weighted by Crippen LogP contribution is -2.47. The number of rotatable bonds is 6. The van der Waals surface area contributed by atoms with Crippen molar-refractivity contribution in [3.8, 4) is 11.5 Å². The Labute approximate surface area is 174 Å². The summed E-state index contributed by atoms with van der Waals surface area (Å²) in [6, 6.07) is 7.84. The first-order valence-corrected chi connectivity index (χ1v) is 10.6. The highest BCUT2D eigenvalue weighted by Crippen LogP contribution is 2.42. The summed E-state index contributed by atoms with van der Waals surface area (Å²) in [5, 5.41) is 7.28. The zero-order valence-corrected chi connectivity index (χ0v) is 17.4. The van der Waals surface area contributed by atoms with Crippen molar-refractivity contribution in [3.63, 3.8) is 0 Å². The van der Waals surface area contributed by atoms with Gasteiger partial charge in [-0.05, 0) is 54.0 Å². The third-order valence-corrected chi connectivity index (χ3v) is 6.22. The van der Waals surface area contributed by atoms with Crippen LogP contribution in [0.1, 0.15) is 34.9 Å². The first-order chi connectivity index (χ1) is 14.1. The third-order valence-electron chi connectivity index (χ3n) is 5.30. The van der Waals surface area contributed by atoms with Crippen LogP contribution in [0, 0.1) is 0 Å². The monoisotopic (exact) mass is 415 g/mol. The van der Waals surface area contributed by atoms with Crippen molar-refractivity contribution in [2.75, 3.05) is 27.3 Å². The summed E-state index contributed by atoms with van der Waals surface area (Å²) in [5.74, 6) is 1.08. The Bertz CT molecular complexity index is 896. The molecule has 2 aromatic rings. The maximum atomic E-state index is 12.5. The molecule has 2 heterocycles. The fourth-order valence-corrected chi connectivity index (χ4v) is 4.62. The zero-order valence-electron chi connectivity index (χ0n) is 16.6. The number of nitrogens with zero attached hydrogens (tertiary/aromatic N) is 1. The van der Waals surface area contributed by atoms with Crippen LogP contribution in [0.3, 0.4) is 0 Å². The number of carbonyl (C=O) groups is 2. The number of benzene rings is 1. The molecule has 3 amide bonds. The molecule has 1 saturated carbocycles. The highest BCUT2D eigenvalue weighted by Gasteiger charge is 2.32. The Balaban J connectivity index is 1.58. The van der Waals surface area contributed by atoms with Crippen LogP contribution in [0.5, 0.6) is 11.5 Å². The van der Waals surface area contributed by atoms with Gasteiger partial charge in [-0.15, -0.1) is 11.3 Å². The van der Waals surface area contributed by atoms with Crippen molar-refractivity contribution in [2.45, 2.75) is 31.3 Å². The summed E-state index contributed by atoms with van der Waals surface area (Å²) in [5.41, 5.74) is 2.29. The van der Waals surface area contributed by atoms with E-state index in [-0.39, 0.29) is 24.5 Å². The molecule has 1 aliphatic carbocycles. The van der Waals surface area contributed by atoms with Gasteiger partial charge in [-0.2, -0.15) is 0 Å². The molecule has 0 radical (unpaired) electrons. The van der Waals surface area contributed by atoms with E-state index in [0.717, 1.165) is 29.7 Å². The molecule has 1 fully saturated rings. The predicted molar refractivity (Wildman–Crippen MR) is 111 cm³/mol. The third kappa shape index (κ3) is 4.38. The Hall–Kier alpha value is -2.58. The van der Waals surface area contributed by atoms with E-state index >= 15 is 0 Å². The van der Waals surface area contributed by atoms with E-state index in [1.165, 1.54) is 5.56 Å². The smallest absolute Gasteiger partial charge is 0.321 e. The quantitative estimate of drug-likeness (QED) is 0.758. The van der Waals surface area contributed by atoms with Crippen LogP contribution in [0.15, 0.2) is 29.6 Å². The van der Waals surface area contributed by atoms with E-state index < -0.39 is 6.03 Å². The lowest BCUT2D eigenvalue weighted by molar-refractivity contribution is -0.121. The molecule has 1 aromatic heterocycles. The number of hydrogen-bond acceptors (Lipinski definition) is 6. The summed E-state index contributed by atoms with van der Waals surface area (Å²) in [7, 11) is 3.25. The number of carbonyl (C=O) groups excluding carboxylic acids is 2. The van der Waals surface area contributed by atoms with Crippen LogP contribution in [0.2, 0.25) is 0 Å². The molecule has 0 spiro atoms. The number of amides is 3. The average Bonchev–Trinajstić information content (AvgIpc) is 3.35. The minimum Gasteiger partial charge on any atom is -0.493 e. The lowest BCUT2D eigenvalue weighted by Gasteiger charge is -2.36. The minimum atomic E-state index is -0.408. The first kappa shape index (κ1) is 19.7. The molecule has 7 nitrogen and oxygen atoms in total. The maximum absolute atomic E-state index is 12.5. The molecule has 1 aromatic carbocycles. The molecular weight excluding hydrogens is 390 g/mol. The van der Waals surface area contributed by atoms with Crippen molar-refractivity contribution < 1.29 is 19.1 Å². The summed E-state index contributed by atoms with van der Waals surface area (Å²) >= 11 is 1.65. The highest BCUT2D eigenvalue weighted by molar-refractivity contribution is 7.10. The van der Waals surface area contributed by atoms with Gasteiger partial charge in [0.2, 0.25) is 5.91 Å². The molecular formula is C21H25N3O4S. The summed E-state index contributed by atoms with van der Waals surface area (Å²) < 4.78 is 11.0. The molecule has 1 atom stereocenters. The summed E-state index contributed by atoms with van der Waals surface area (Å²) in [6.07, 6.45) is 2.76. The fraction of sp³-hybridized carbons (Fsp3) is 0.429. The van der Waals surface area contributed by atoms with Crippen LogP contribution in [0.25, 0.3) is 0 Å². The number of fused-ring (bicyclic) bond motifs is 1. The van der Waals surface area contributed by atoms with Crippen LogP contribution in [-0.2, 0) is 11.2 Å². The zero-order chi connectivity index (χ0) is 20.4. The van der Waals surface area contributed by atoms with Gasteiger partial charge >= 0.3 is 6.03 Å². The van der Waals surface area contributed by atoms with Crippen LogP contribution in [0.4, 0.5) is 4.79 Å².